The fourth-order valence-corrected chi connectivity index (χ4v) is 2.65. The zero-order valence-electron chi connectivity index (χ0n) is 10.6. The number of carbonyl (C=O) groups is 1. The second kappa shape index (κ2) is 5.19. The Labute approximate surface area is 129 Å². The highest BCUT2D eigenvalue weighted by Gasteiger charge is 2.12. The van der Waals surface area contributed by atoms with Crippen LogP contribution in [0.3, 0.4) is 0 Å². The van der Waals surface area contributed by atoms with Crippen LogP contribution in [0, 0.1) is 0 Å². The van der Waals surface area contributed by atoms with E-state index in [0.717, 1.165) is 17.2 Å². The number of aromatic nitrogens is 2. The Bertz CT molecular complexity index is 848. The van der Waals surface area contributed by atoms with E-state index in [1.807, 2.05) is 0 Å². The Balaban J connectivity index is 2.04. The summed E-state index contributed by atoms with van der Waals surface area (Å²) in [4.78, 5) is 11.1. The Kier molecular flexibility index (Phi) is 3.36. The number of amides is 1. The molecule has 0 aliphatic carbocycles. The maximum atomic E-state index is 11.1. The molecule has 0 aliphatic heterocycles. The highest BCUT2D eigenvalue weighted by molar-refractivity contribution is 7.00. The minimum absolute atomic E-state index is 0.345. The number of anilines is 3. The van der Waals surface area contributed by atoms with E-state index in [-0.39, 0.29) is 0 Å². The average molecular weight is 320 g/mol. The molecule has 0 saturated carbocycles. The van der Waals surface area contributed by atoms with E-state index in [0.29, 0.717) is 33.2 Å². The molecule has 0 saturated heterocycles. The lowest BCUT2D eigenvalue weighted by atomic mass is 10.1. The number of nitrogens with one attached hydrogen (secondary N) is 1. The first kappa shape index (κ1) is 13.6. The third kappa shape index (κ3) is 2.48. The molecule has 106 valence electrons. The standard InChI is InChI=1S/C13H10ClN5OS/c14-7-2-4-10-12(19-21-18-10)11(7)17-9-3-1-6(13(16)20)5-8(9)15/h1-5,17H,15H2,(H2,16,20). The third-order valence-electron chi connectivity index (χ3n) is 2.97. The number of benzene rings is 2. The van der Waals surface area contributed by atoms with Gasteiger partial charge in [-0.2, -0.15) is 8.75 Å². The van der Waals surface area contributed by atoms with E-state index in [1.165, 1.54) is 6.07 Å². The van der Waals surface area contributed by atoms with Crippen LogP contribution in [0.1, 0.15) is 10.4 Å². The van der Waals surface area contributed by atoms with Gasteiger partial charge in [-0.1, -0.05) is 11.6 Å². The van der Waals surface area contributed by atoms with Crippen molar-refractivity contribution in [2.45, 2.75) is 0 Å². The van der Waals surface area contributed by atoms with E-state index in [4.69, 9.17) is 23.1 Å². The van der Waals surface area contributed by atoms with Crippen LogP contribution in [0.15, 0.2) is 30.3 Å². The van der Waals surface area contributed by atoms with Gasteiger partial charge < -0.3 is 16.8 Å². The van der Waals surface area contributed by atoms with Crippen LogP contribution in [0.4, 0.5) is 17.1 Å². The molecule has 1 amide bonds. The minimum Gasteiger partial charge on any atom is -0.397 e. The Morgan fingerprint density at radius 2 is 2.05 bits per heavy atom. The molecule has 0 spiro atoms. The summed E-state index contributed by atoms with van der Waals surface area (Å²) in [6, 6.07) is 8.31. The number of nitrogen functional groups attached to an aromatic ring is 1. The predicted molar refractivity (Wildman–Crippen MR) is 85.1 cm³/mol. The first-order valence-electron chi connectivity index (χ1n) is 5.93. The van der Waals surface area contributed by atoms with Crippen LogP contribution in [-0.2, 0) is 0 Å². The lowest BCUT2D eigenvalue weighted by Crippen LogP contribution is -2.11. The van der Waals surface area contributed by atoms with Crippen molar-refractivity contribution < 1.29 is 4.79 Å². The molecule has 0 aliphatic rings. The monoisotopic (exact) mass is 319 g/mol. The van der Waals surface area contributed by atoms with Gasteiger partial charge in [0.15, 0.2) is 0 Å². The van der Waals surface area contributed by atoms with E-state index in [1.54, 1.807) is 24.3 Å². The summed E-state index contributed by atoms with van der Waals surface area (Å²) >= 11 is 7.31. The molecule has 2 aromatic carbocycles. The highest BCUT2D eigenvalue weighted by Crippen LogP contribution is 2.34. The number of nitrogens with zero attached hydrogens (tertiary/aromatic N) is 2. The van der Waals surface area contributed by atoms with Gasteiger partial charge in [-0.05, 0) is 30.3 Å². The summed E-state index contributed by atoms with van der Waals surface area (Å²) < 4.78 is 8.38. The molecule has 6 nitrogen and oxygen atoms in total. The summed E-state index contributed by atoms with van der Waals surface area (Å²) in [7, 11) is 0. The fraction of sp³-hybridized carbons (Fsp3) is 0. The largest absolute Gasteiger partial charge is 0.397 e. The van der Waals surface area contributed by atoms with E-state index < -0.39 is 5.91 Å². The lowest BCUT2D eigenvalue weighted by Gasteiger charge is -2.11. The number of hydrogen-bond acceptors (Lipinski definition) is 6. The first-order valence-corrected chi connectivity index (χ1v) is 7.04. The van der Waals surface area contributed by atoms with Gasteiger partial charge in [-0.3, -0.25) is 4.79 Å². The molecule has 1 aromatic heterocycles. The van der Waals surface area contributed by atoms with Crippen molar-refractivity contribution in [3.8, 4) is 0 Å². The van der Waals surface area contributed by atoms with Crippen LogP contribution < -0.4 is 16.8 Å². The summed E-state index contributed by atoms with van der Waals surface area (Å²) in [5.74, 6) is -0.530. The molecule has 0 bridgehead atoms. The highest BCUT2D eigenvalue weighted by atomic mass is 35.5. The Hall–Kier alpha value is -2.38. The van der Waals surface area contributed by atoms with Gasteiger partial charge >= 0.3 is 0 Å². The second-order valence-corrected chi connectivity index (χ2v) is 5.28. The Morgan fingerprint density at radius 3 is 2.76 bits per heavy atom. The van der Waals surface area contributed by atoms with E-state index in [2.05, 4.69) is 14.1 Å². The number of carbonyl (C=O) groups excluding carboxylic acids is 1. The van der Waals surface area contributed by atoms with Crippen LogP contribution in [0.2, 0.25) is 5.02 Å². The van der Waals surface area contributed by atoms with E-state index >= 15 is 0 Å². The third-order valence-corrected chi connectivity index (χ3v) is 3.83. The van der Waals surface area contributed by atoms with Gasteiger partial charge in [0.05, 0.1) is 33.8 Å². The van der Waals surface area contributed by atoms with Crippen LogP contribution in [0.5, 0.6) is 0 Å². The van der Waals surface area contributed by atoms with Crippen LogP contribution >= 0.6 is 23.3 Å². The number of rotatable bonds is 3. The van der Waals surface area contributed by atoms with Gasteiger partial charge in [-0.25, -0.2) is 0 Å². The number of fused-ring (bicyclic) bond motifs is 1. The normalized spacial score (nSPS) is 10.7. The smallest absolute Gasteiger partial charge is 0.248 e. The van der Waals surface area contributed by atoms with Gasteiger partial charge in [0.1, 0.15) is 11.0 Å². The minimum atomic E-state index is -0.530. The molecule has 0 radical (unpaired) electrons. The molecule has 3 rings (SSSR count). The van der Waals surface area contributed by atoms with Gasteiger partial charge in [0.25, 0.3) is 0 Å². The second-order valence-electron chi connectivity index (χ2n) is 4.35. The van der Waals surface area contributed by atoms with Gasteiger partial charge in [0, 0.05) is 5.56 Å². The van der Waals surface area contributed by atoms with Crippen molar-refractivity contribution in [1.82, 2.24) is 8.75 Å². The molecule has 21 heavy (non-hydrogen) atoms. The van der Waals surface area contributed by atoms with Gasteiger partial charge in [0.2, 0.25) is 5.91 Å². The quantitative estimate of drug-likeness (QED) is 0.643. The van der Waals surface area contributed by atoms with Crippen LogP contribution in [-0.4, -0.2) is 14.7 Å². The van der Waals surface area contributed by atoms with Crippen LogP contribution in [0.25, 0.3) is 11.0 Å². The number of hydrogen-bond donors (Lipinski definition) is 3. The first-order chi connectivity index (χ1) is 10.1. The topological polar surface area (TPSA) is 107 Å². The van der Waals surface area contributed by atoms with Gasteiger partial charge in [-0.15, -0.1) is 0 Å². The van der Waals surface area contributed by atoms with Crippen molar-refractivity contribution in [3.05, 3.63) is 40.9 Å². The van der Waals surface area contributed by atoms with E-state index in [9.17, 15) is 4.79 Å². The average Bonchev–Trinajstić information content (AvgIpc) is 2.92. The molecule has 0 unspecified atom stereocenters. The molecule has 5 N–H and O–H groups in total. The molecule has 3 aromatic rings. The zero-order valence-corrected chi connectivity index (χ0v) is 12.2. The maximum Gasteiger partial charge on any atom is 0.248 e. The lowest BCUT2D eigenvalue weighted by molar-refractivity contribution is 0.100. The van der Waals surface area contributed by atoms with Crippen molar-refractivity contribution in [3.63, 3.8) is 0 Å². The summed E-state index contributed by atoms with van der Waals surface area (Å²) in [6.07, 6.45) is 0. The maximum absolute atomic E-state index is 11.1. The molecule has 1 heterocycles. The Morgan fingerprint density at radius 1 is 1.24 bits per heavy atom. The molecule has 8 heteroatoms. The van der Waals surface area contributed by atoms with Crippen molar-refractivity contribution in [2.24, 2.45) is 5.73 Å². The predicted octanol–water partition coefficient (Wildman–Crippen LogP) is 2.77. The SMILES string of the molecule is NC(=O)c1ccc(Nc2c(Cl)ccc3nsnc23)c(N)c1. The molecule has 0 fully saturated rings. The van der Waals surface area contributed by atoms with Crippen molar-refractivity contribution in [1.29, 1.82) is 0 Å². The van der Waals surface area contributed by atoms with Crippen molar-refractivity contribution >= 4 is 57.3 Å². The number of halogens is 1. The number of primary amides is 1. The zero-order chi connectivity index (χ0) is 15.0. The number of nitrogens with two attached hydrogens (primary N) is 2. The summed E-state index contributed by atoms with van der Waals surface area (Å²) in [6.45, 7) is 0. The van der Waals surface area contributed by atoms with Crippen molar-refractivity contribution in [2.75, 3.05) is 11.1 Å². The summed E-state index contributed by atoms with van der Waals surface area (Å²) in [5, 5.41) is 3.64. The molecule has 0 atom stereocenters. The molecular formula is C13H10ClN5OS. The molecular weight excluding hydrogens is 310 g/mol. The summed E-state index contributed by atoms with van der Waals surface area (Å²) in [5.41, 5.74) is 14.5. The fourth-order valence-electron chi connectivity index (χ4n) is 1.91.